The van der Waals surface area contributed by atoms with E-state index in [1.807, 2.05) is 60.7 Å². The predicted octanol–water partition coefficient (Wildman–Crippen LogP) is 3.47. The van der Waals surface area contributed by atoms with Crippen molar-refractivity contribution in [1.29, 1.82) is 0 Å². The van der Waals surface area contributed by atoms with Gasteiger partial charge < -0.3 is 14.4 Å². The average molecular weight is 448 g/mol. The lowest BCUT2D eigenvalue weighted by Crippen LogP contribution is -2.58. The molecule has 2 aromatic rings. The van der Waals surface area contributed by atoms with E-state index in [2.05, 4.69) is 17.1 Å². The van der Waals surface area contributed by atoms with Gasteiger partial charge in [0.2, 0.25) is 0 Å². The normalized spacial score (nSPS) is 22.1. The van der Waals surface area contributed by atoms with Gasteiger partial charge in [-0.1, -0.05) is 72.8 Å². The average Bonchev–Trinajstić information content (AvgIpc) is 3.18. The fraction of sp³-hybridized carbons (Fsp3) is 0.385. The molecule has 0 N–H and O–H groups in total. The second-order valence-electron chi connectivity index (χ2n) is 8.67. The Bertz CT molecular complexity index is 971. The van der Waals surface area contributed by atoms with Crippen molar-refractivity contribution in [1.82, 2.24) is 14.7 Å². The summed E-state index contributed by atoms with van der Waals surface area (Å²) in [5.41, 5.74) is 0.800. The summed E-state index contributed by atoms with van der Waals surface area (Å²) in [6, 6.07) is 19.2. The van der Waals surface area contributed by atoms with Gasteiger partial charge in [-0.2, -0.15) is 0 Å². The van der Waals surface area contributed by atoms with E-state index < -0.39 is 5.60 Å². The second kappa shape index (κ2) is 9.27. The number of rotatable bonds is 5. The Balaban J connectivity index is 1.36. The summed E-state index contributed by atoms with van der Waals surface area (Å²) in [5.74, 6) is 0. The highest BCUT2D eigenvalue weighted by Crippen LogP contribution is 2.45. The summed E-state index contributed by atoms with van der Waals surface area (Å²) in [6.07, 6.45) is 4.68. The molecule has 0 spiro atoms. The van der Waals surface area contributed by atoms with E-state index in [4.69, 9.17) is 9.47 Å². The maximum atomic E-state index is 13.0. The minimum absolute atomic E-state index is 0.337. The summed E-state index contributed by atoms with van der Waals surface area (Å²) in [5, 5.41) is 0. The fourth-order valence-corrected chi connectivity index (χ4v) is 5.07. The molecule has 0 bridgehead atoms. The zero-order chi connectivity index (χ0) is 22.7. The molecule has 5 rings (SSSR count). The molecule has 0 radical (unpaired) electrons. The first kappa shape index (κ1) is 21.5. The number of cyclic esters (lactones) is 1. The van der Waals surface area contributed by atoms with Crippen LogP contribution in [-0.4, -0.2) is 78.8 Å². The van der Waals surface area contributed by atoms with Crippen molar-refractivity contribution in [3.05, 3.63) is 83.9 Å². The quantitative estimate of drug-likeness (QED) is 0.657. The number of fused-ring (bicyclic) bond motifs is 1. The highest BCUT2D eigenvalue weighted by molar-refractivity contribution is 5.75. The van der Waals surface area contributed by atoms with Crippen molar-refractivity contribution in [2.24, 2.45) is 0 Å². The highest BCUT2D eigenvalue weighted by Gasteiger charge is 2.58. The summed E-state index contributed by atoms with van der Waals surface area (Å²) in [6.45, 7) is 4.15. The molecule has 7 heteroatoms. The summed E-state index contributed by atoms with van der Waals surface area (Å²) in [4.78, 5) is 31.6. The minimum atomic E-state index is -0.987. The van der Waals surface area contributed by atoms with Gasteiger partial charge in [0.1, 0.15) is 12.6 Å². The standard InChI is InChI=1S/C26H29N3O4/c30-24(32-19-18-27-14-8-3-9-15-27)28-16-17-29-23(20-28)26(33-25(29)31,21-10-4-1-5-11-21)22-12-6-2-7-13-22/h1-8,10-13,23H,9,14-20H2. The molecule has 3 aliphatic heterocycles. The van der Waals surface area contributed by atoms with Crippen LogP contribution in [0, 0.1) is 0 Å². The lowest BCUT2D eigenvalue weighted by Gasteiger charge is -2.41. The van der Waals surface area contributed by atoms with Crippen LogP contribution in [0.4, 0.5) is 9.59 Å². The second-order valence-corrected chi connectivity index (χ2v) is 8.67. The molecule has 1 atom stereocenters. The van der Waals surface area contributed by atoms with Crippen LogP contribution in [0.2, 0.25) is 0 Å². The number of amides is 2. The summed E-state index contributed by atoms with van der Waals surface area (Å²) in [7, 11) is 0. The Morgan fingerprint density at radius 1 is 0.970 bits per heavy atom. The van der Waals surface area contributed by atoms with E-state index in [9.17, 15) is 9.59 Å². The fourth-order valence-electron chi connectivity index (χ4n) is 5.07. The van der Waals surface area contributed by atoms with Crippen LogP contribution < -0.4 is 0 Å². The van der Waals surface area contributed by atoms with Crippen LogP contribution in [0.25, 0.3) is 0 Å². The molecule has 3 aliphatic rings. The molecule has 2 saturated heterocycles. The molecule has 172 valence electrons. The number of carbonyl (C=O) groups excluding carboxylic acids is 2. The number of carbonyl (C=O) groups is 2. The van der Waals surface area contributed by atoms with E-state index in [0.717, 1.165) is 37.2 Å². The largest absolute Gasteiger partial charge is 0.448 e. The Hall–Kier alpha value is -3.32. The van der Waals surface area contributed by atoms with Gasteiger partial charge in [0.15, 0.2) is 5.60 Å². The molecular weight excluding hydrogens is 418 g/mol. The topological polar surface area (TPSA) is 62.3 Å². The molecule has 0 saturated carbocycles. The third-order valence-electron chi connectivity index (χ3n) is 6.77. The number of ether oxygens (including phenoxy) is 2. The SMILES string of the molecule is O=C(OCCN1CC=CCC1)N1CCN2C(=O)OC(c3ccccc3)(c3ccccc3)C2C1. The summed E-state index contributed by atoms with van der Waals surface area (Å²) < 4.78 is 11.8. The zero-order valence-electron chi connectivity index (χ0n) is 18.6. The molecule has 33 heavy (non-hydrogen) atoms. The van der Waals surface area contributed by atoms with Crippen LogP contribution in [-0.2, 0) is 15.1 Å². The van der Waals surface area contributed by atoms with Crippen LogP contribution in [0.3, 0.4) is 0 Å². The number of nitrogens with zero attached hydrogens (tertiary/aromatic N) is 3. The maximum absolute atomic E-state index is 13.0. The van der Waals surface area contributed by atoms with E-state index >= 15 is 0 Å². The van der Waals surface area contributed by atoms with Crippen molar-refractivity contribution in [2.45, 2.75) is 18.1 Å². The third kappa shape index (κ3) is 4.09. The van der Waals surface area contributed by atoms with Gasteiger partial charge in [-0.25, -0.2) is 9.59 Å². The number of benzene rings is 2. The van der Waals surface area contributed by atoms with E-state index in [-0.39, 0.29) is 18.2 Å². The maximum Gasteiger partial charge on any atom is 0.411 e. The number of hydrogen-bond donors (Lipinski definition) is 0. The third-order valence-corrected chi connectivity index (χ3v) is 6.77. The van der Waals surface area contributed by atoms with Crippen molar-refractivity contribution in [3.8, 4) is 0 Å². The van der Waals surface area contributed by atoms with Crippen LogP contribution in [0.15, 0.2) is 72.8 Å². The first-order valence-electron chi connectivity index (χ1n) is 11.6. The minimum Gasteiger partial charge on any atom is -0.448 e. The molecule has 0 aliphatic carbocycles. The zero-order valence-corrected chi connectivity index (χ0v) is 18.6. The van der Waals surface area contributed by atoms with Gasteiger partial charge >= 0.3 is 12.2 Å². The molecule has 3 heterocycles. The lowest BCUT2D eigenvalue weighted by atomic mass is 9.79. The van der Waals surface area contributed by atoms with Crippen LogP contribution >= 0.6 is 0 Å². The predicted molar refractivity (Wildman–Crippen MR) is 124 cm³/mol. The van der Waals surface area contributed by atoms with E-state index in [0.29, 0.717) is 26.2 Å². The molecule has 1 unspecified atom stereocenters. The first-order chi connectivity index (χ1) is 16.2. The Morgan fingerprint density at radius 2 is 1.67 bits per heavy atom. The molecule has 0 aromatic heterocycles. The van der Waals surface area contributed by atoms with Gasteiger partial charge in [0.25, 0.3) is 0 Å². The molecule has 2 amide bonds. The van der Waals surface area contributed by atoms with Gasteiger partial charge in [-0.3, -0.25) is 9.80 Å². The summed E-state index contributed by atoms with van der Waals surface area (Å²) >= 11 is 0. The van der Waals surface area contributed by atoms with Crippen molar-refractivity contribution < 1.29 is 19.1 Å². The van der Waals surface area contributed by atoms with Crippen molar-refractivity contribution >= 4 is 12.2 Å². The lowest BCUT2D eigenvalue weighted by molar-refractivity contribution is 0.0340. The molecule has 2 aromatic carbocycles. The number of hydrogen-bond acceptors (Lipinski definition) is 5. The van der Waals surface area contributed by atoms with E-state index in [1.54, 1.807) is 9.80 Å². The molecular formula is C26H29N3O4. The first-order valence-corrected chi connectivity index (χ1v) is 11.6. The van der Waals surface area contributed by atoms with Crippen LogP contribution in [0.1, 0.15) is 17.5 Å². The molecule has 7 nitrogen and oxygen atoms in total. The van der Waals surface area contributed by atoms with Crippen LogP contribution in [0.5, 0.6) is 0 Å². The van der Waals surface area contributed by atoms with Crippen molar-refractivity contribution in [3.63, 3.8) is 0 Å². The van der Waals surface area contributed by atoms with Gasteiger partial charge in [0.05, 0.1) is 0 Å². The monoisotopic (exact) mass is 447 g/mol. The smallest absolute Gasteiger partial charge is 0.411 e. The molecule has 2 fully saturated rings. The van der Waals surface area contributed by atoms with Gasteiger partial charge in [-0.05, 0) is 6.42 Å². The Kier molecular flexibility index (Phi) is 6.05. The number of piperazine rings is 1. The highest BCUT2D eigenvalue weighted by atomic mass is 16.6. The van der Waals surface area contributed by atoms with Gasteiger partial charge in [0, 0.05) is 50.4 Å². The van der Waals surface area contributed by atoms with E-state index in [1.165, 1.54) is 0 Å². The Morgan fingerprint density at radius 3 is 2.30 bits per heavy atom. The Labute approximate surface area is 194 Å². The van der Waals surface area contributed by atoms with Gasteiger partial charge in [-0.15, -0.1) is 0 Å². The van der Waals surface area contributed by atoms with Crippen molar-refractivity contribution in [2.75, 3.05) is 45.9 Å².